The summed E-state index contributed by atoms with van der Waals surface area (Å²) in [5.74, 6) is -0.392. The maximum Gasteiger partial charge on any atom is 0.271 e. The number of amides is 1. The van der Waals surface area contributed by atoms with Gasteiger partial charge in [-0.3, -0.25) is 9.10 Å². The predicted octanol–water partition coefficient (Wildman–Crippen LogP) is 4.79. The molecule has 0 bridgehead atoms. The standard InChI is InChI=1S/C23H22ClN3O3S2/c1-31-22-13-5-17(6-14-22)15-25-26-23(28)19-7-11-21(12-8-19)27(32(2,29)30)16-18-3-9-20(24)10-4-18/h3-15H,16H2,1-2H3,(H,26,28)/b25-15-. The van der Waals surface area contributed by atoms with Crippen LogP contribution < -0.4 is 9.73 Å². The molecule has 0 aromatic heterocycles. The molecule has 3 aromatic rings. The number of carbonyl (C=O) groups excluding carboxylic acids is 1. The highest BCUT2D eigenvalue weighted by Crippen LogP contribution is 2.22. The molecule has 1 amide bonds. The number of rotatable bonds is 8. The summed E-state index contributed by atoms with van der Waals surface area (Å²) in [5.41, 5.74) is 4.96. The van der Waals surface area contributed by atoms with Crippen LogP contribution in [0.3, 0.4) is 0 Å². The van der Waals surface area contributed by atoms with Crippen LogP contribution in [0.1, 0.15) is 21.5 Å². The normalized spacial score (nSPS) is 11.5. The molecule has 0 aliphatic carbocycles. The maximum absolute atomic E-state index is 12.4. The van der Waals surface area contributed by atoms with Crippen LogP contribution >= 0.6 is 23.4 Å². The average molecular weight is 488 g/mol. The summed E-state index contributed by atoms with van der Waals surface area (Å²) in [4.78, 5) is 13.5. The molecule has 6 nitrogen and oxygen atoms in total. The molecule has 166 valence electrons. The van der Waals surface area contributed by atoms with Gasteiger partial charge in [0.2, 0.25) is 10.0 Å². The molecular weight excluding hydrogens is 466 g/mol. The van der Waals surface area contributed by atoms with Crippen molar-refractivity contribution in [1.29, 1.82) is 0 Å². The number of sulfonamides is 1. The van der Waals surface area contributed by atoms with Crippen molar-refractivity contribution in [2.45, 2.75) is 11.4 Å². The number of hydrazone groups is 1. The molecule has 32 heavy (non-hydrogen) atoms. The molecule has 0 fully saturated rings. The third-order valence-corrected chi connectivity index (χ3v) is 6.69. The molecule has 3 rings (SSSR count). The van der Waals surface area contributed by atoms with Crippen LogP contribution in [0.25, 0.3) is 0 Å². The first-order valence-corrected chi connectivity index (χ1v) is 13.0. The van der Waals surface area contributed by atoms with E-state index in [9.17, 15) is 13.2 Å². The second-order valence-corrected chi connectivity index (χ2v) is 10.1. The van der Waals surface area contributed by atoms with Gasteiger partial charge >= 0.3 is 0 Å². The zero-order valence-corrected chi connectivity index (χ0v) is 19.9. The van der Waals surface area contributed by atoms with Crippen molar-refractivity contribution in [1.82, 2.24) is 5.43 Å². The molecule has 0 saturated heterocycles. The van der Waals surface area contributed by atoms with E-state index in [1.807, 2.05) is 30.5 Å². The number of hydrogen-bond acceptors (Lipinski definition) is 5. The SMILES string of the molecule is CSc1ccc(/C=N\NC(=O)c2ccc(N(Cc3ccc(Cl)cc3)S(C)(=O)=O)cc2)cc1. The summed E-state index contributed by atoms with van der Waals surface area (Å²) in [6, 6.07) is 21.1. The number of thioether (sulfide) groups is 1. The highest BCUT2D eigenvalue weighted by atomic mass is 35.5. The maximum atomic E-state index is 12.4. The van der Waals surface area contributed by atoms with Crippen molar-refractivity contribution in [2.24, 2.45) is 5.10 Å². The van der Waals surface area contributed by atoms with E-state index in [0.29, 0.717) is 16.3 Å². The fraction of sp³-hybridized carbons (Fsp3) is 0.130. The van der Waals surface area contributed by atoms with Crippen LogP contribution in [0, 0.1) is 0 Å². The Morgan fingerprint density at radius 2 is 1.66 bits per heavy atom. The van der Waals surface area contributed by atoms with Gasteiger partial charge in [-0.25, -0.2) is 13.8 Å². The Bertz CT molecular complexity index is 1190. The summed E-state index contributed by atoms with van der Waals surface area (Å²) in [6.07, 6.45) is 4.71. The minimum absolute atomic E-state index is 0.154. The van der Waals surface area contributed by atoms with Gasteiger partial charge in [-0.05, 0) is 65.9 Å². The molecule has 1 N–H and O–H groups in total. The van der Waals surface area contributed by atoms with Gasteiger partial charge in [0.25, 0.3) is 5.91 Å². The lowest BCUT2D eigenvalue weighted by atomic mass is 10.2. The molecule has 0 saturated carbocycles. The summed E-state index contributed by atoms with van der Waals surface area (Å²) in [5, 5.41) is 4.56. The zero-order valence-electron chi connectivity index (χ0n) is 17.5. The first-order chi connectivity index (χ1) is 15.3. The van der Waals surface area contributed by atoms with Gasteiger partial charge in [0.15, 0.2) is 0 Å². The highest BCUT2D eigenvalue weighted by Gasteiger charge is 2.18. The molecule has 0 aliphatic heterocycles. The lowest BCUT2D eigenvalue weighted by Gasteiger charge is -2.22. The van der Waals surface area contributed by atoms with E-state index in [0.717, 1.165) is 22.3 Å². The lowest BCUT2D eigenvalue weighted by molar-refractivity contribution is 0.0955. The van der Waals surface area contributed by atoms with Gasteiger partial charge in [-0.15, -0.1) is 11.8 Å². The van der Waals surface area contributed by atoms with Crippen LogP contribution in [0.15, 0.2) is 82.8 Å². The van der Waals surface area contributed by atoms with Crippen LogP contribution in [0.5, 0.6) is 0 Å². The van der Waals surface area contributed by atoms with Crippen molar-refractivity contribution < 1.29 is 13.2 Å². The van der Waals surface area contributed by atoms with E-state index in [-0.39, 0.29) is 6.54 Å². The monoisotopic (exact) mass is 487 g/mol. The predicted molar refractivity (Wildman–Crippen MR) is 132 cm³/mol. The first kappa shape index (κ1) is 23.8. The van der Waals surface area contributed by atoms with Crippen molar-refractivity contribution in [3.05, 3.63) is 94.5 Å². The Kier molecular flexibility index (Phi) is 7.95. The van der Waals surface area contributed by atoms with E-state index in [4.69, 9.17) is 11.6 Å². The van der Waals surface area contributed by atoms with Crippen molar-refractivity contribution in [3.63, 3.8) is 0 Å². The first-order valence-electron chi connectivity index (χ1n) is 9.56. The van der Waals surface area contributed by atoms with E-state index in [1.54, 1.807) is 66.5 Å². The quantitative estimate of drug-likeness (QED) is 0.281. The van der Waals surface area contributed by atoms with Gasteiger partial charge < -0.3 is 0 Å². The van der Waals surface area contributed by atoms with Gasteiger partial charge in [-0.1, -0.05) is 35.9 Å². The number of nitrogens with zero attached hydrogens (tertiary/aromatic N) is 2. The summed E-state index contributed by atoms with van der Waals surface area (Å²) >= 11 is 7.55. The minimum Gasteiger partial charge on any atom is -0.267 e. The van der Waals surface area contributed by atoms with Crippen LogP contribution in [-0.4, -0.2) is 33.1 Å². The number of halogens is 1. The smallest absolute Gasteiger partial charge is 0.267 e. The van der Waals surface area contributed by atoms with Crippen molar-refractivity contribution in [3.8, 4) is 0 Å². The lowest BCUT2D eigenvalue weighted by Crippen LogP contribution is -2.29. The van der Waals surface area contributed by atoms with Crippen molar-refractivity contribution in [2.75, 3.05) is 16.8 Å². The number of anilines is 1. The van der Waals surface area contributed by atoms with E-state index >= 15 is 0 Å². The summed E-state index contributed by atoms with van der Waals surface area (Å²) < 4.78 is 25.9. The summed E-state index contributed by atoms with van der Waals surface area (Å²) in [6.45, 7) is 0.154. The molecule has 0 atom stereocenters. The van der Waals surface area contributed by atoms with Crippen LogP contribution in [0.2, 0.25) is 5.02 Å². The topological polar surface area (TPSA) is 78.8 Å². The molecule has 0 unspecified atom stereocenters. The second-order valence-electron chi connectivity index (χ2n) is 6.92. The third kappa shape index (κ3) is 6.59. The number of carbonyl (C=O) groups is 1. The molecule has 3 aromatic carbocycles. The highest BCUT2D eigenvalue weighted by molar-refractivity contribution is 7.98. The second kappa shape index (κ2) is 10.7. The fourth-order valence-corrected chi connectivity index (χ4v) is 4.28. The fourth-order valence-electron chi connectivity index (χ4n) is 2.85. The number of nitrogens with one attached hydrogen (secondary N) is 1. The number of hydrogen-bond donors (Lipinski definition) is 1. The Hall–Kier alpha value is -2.81. The Morgan fingerprint density at radius 3 is 2.22 bits per heavy atom. The van der Waals surface area contributed by atoms with Gasteiger partial charge in [0.05, 0.1) is 24.7 Å². The Morgan fingerprint density at radius 1 is 1.03 bits per heavy atom. The Labute approximate surface area is 197 Å². The van der Waals surface area contributed by atoms with Gasteiger partial charge in [-0.2, -0.15) is 5.10 Å². The van der Waals surface area contributed by atoms with Crippen molar-refractivity contribution >= 4 is 51.2 Å². The summed E-state index contributed by atoms with van der Waals surface area (Å²) in [7, 11) is -3.53. The third-order valence-electron chi connectivity index (χ3n) is 4.55. The molecule has 0 heterocycles. The average Bonchev–Trinajstić information content (AvgIpc) is 2.78. The Balaban J connectivity index is 1.69. The van der Waals surface area contributed by atoms with Crippen LogP contribution in [-0.2, 0) is 16.6 Å². The number of benzene rings is 3. The van der Waals surface area contributed by atoms with E-state index in [1.165, 1.54) is 4.31 Å². The molecular formula is C23H22ClN3O3S2. The van der Waals surface area contributed by atoms with E-state index < -0.39 is 15.9 Å². The minimum atomic E-state index is -3.53. The molecule has 9 heteroatoms. The zero-order chi connectivity index (χ0) is 23.1. The van der Waals surface area contributed by atoms with Gasteiger partial charge in [0.1, 0.15) is 0 Å². The largest absolute Gasteiger partial charge is 0.271 e. The van der Waals surface area contributed by atoms with Gasteiger partial charge in [0, 0.05) is 15.5 Å². The van der Waals surface area contributed by atoms with Crippen LogP contribution in [0.4, 0.5) is 5.69 Å². The molecule has 0 aliphatic rings. The van der Waals surface area contributed by atoms with E-state index in [2.05, 4.69) is 10.5 Å². The molecule has 0 spiro atoms. The molecule has 0 radical (unpaired) electrons.